The molecule has 176 valence electrons. The lowest BCUT2D eigenvalue weighted by Gasteiger charge is -2.64. The molecule has 0 bridgehead atoms. The predicted octanol–water partition coefficient (Wildman–Crippen LogP) is 2.84. The van der Waals surface area contributed by atoms with Gasteiger partial charge in [0.05, 0.1) is 10.4 Å². The molecule has 0 aromatic carbocycles. The summed E-state index contributed by atoms with van der Waals surface area (Å²) in [6.45, 7) is 6.04. The Labute approximate surface area is 195 Å². The topological polar surface area (TPSA) is 101 Å². The zero-order valence-corrected chi connectivity index (χ0v) is 20.3. The van der Waals surface area contributed by atoms with Gasteiger partial charge >= 0.3 is 5.97 Å². The highest BCUT2D eigenvalue weighted by atomic mass is 79.9. The fourth-order valence-electron chi connectivity index (χ4n) is 7.41. The average molecular weight is 513 g/mol. The number of halogens is 2. The normalized spacial score (nSPS) is 49.6. The van der Waals surface area contributed by atoms with Crippen molar-refractivity contribution in [2.24, 2.45) is 28.6 Å². The van der Waals surface area contributed by atoms with Crippen molar-refractivity contribution < 1.29 is 33.7 Å². The molecule has 0 saturated heterocycles. The predicted molar refractivity (Wildman–Crippen MR) is 118 cm³/mol. The Hall–Kier alpha value is -1.38. The molecule has 4 aliphatic carbocycles. The Morgan fingerprint density at radius 3 is 2.56 bits per heavy atom. The molecular weight excluding hydrogens is 483 g/mol. The summed E-state index contributed by atoms with van der Waals surface area (Å²) in [6, 6.07) is 0. The van der Waals surface area contributed by atoms with Gasteiger partial charge in [-0.2, -0.15) is 0 Å². The summed E-state index contributed by atoms with van der Waals surface area (Å²) < 4.78 is 19.4. The maximum atomic E-state index is 15.5. The SMILES string of the molecule is CC(=O)OCC(=O)C1(O)C(C)CC2C3CC(F)C4=CC(=O)C=CC4(C)C3(Br)C(O)CC21C. The van der Waals surface area contributed by atoms with E-state index in [4.69, 9.17) is 4.74 Å². The second-order valence-electron chi connectivity index (χ2n) is 10.5. The molecule has 0 aromatic heterocycles. The summed E-state index contributed by atoms with van der Waals surface area (Å²) in [4.78, 5) is 36.4. The summed E-state index contributed by atoms with van der Waals surface area (Å²) in [5, 5.41) is 23.3. The zero-order valence-electron chi connectivity index (χ0n) is 18.7. The van der Waals surface area contributed by atoms with Gasteiger partial charge in [-0.25, -0.2) is 4.39 Å². The lowest BCUT2D eigenvalue weighted by atomic mass is 9.45. The van der Waals surface area contributed by atoms with Crippen LogP contribution in [0, 0.1) is 28.6 Å². The van der Waals surface area contributed by atoms with Gasteiger partial charge in [0, 0.05) is 17.8 Å². The van der Waals surface area contributed by atoms with Crippen LogP contribution in [0.25, 0.3) is 0 Å². The first-order valence-corrected chi connectivity index (χ1v) is 11.9. The minimum Gasteiger partial charge on any atom is -0.458 e. The quantitative estimate of drug-likeness (QED) is 0.445. The Kier molecular flexibility index (Phi) is 5.43. The van der Waals surface area contributed by atoms with Gasteiger partial charge < -0.3 is 14.9 Å². The third kappa shape index (κ3) is 2.78. The van der Waals surface area contributed by atoms with E-state index in [0.29, 0.717) is 12.0 Å². The van der Waals surface area contributed by atoms with Crippen LogP contribution < -0.4 is 0 Å². The molecule has 3 fully saturated rings. The number of allylic oxidation sites excluding steroid dienone is 4. The maximum Gasteiger partial charge on any atom is 0.303 e. The number of fused-ring (bicyclic) bond motifs is 5. The maximum absolute atomic E-state index is 15.5. The third-order valence-electron chi connectivity index (χ3n) is 9.04. The molecule has 3 saturated carbocycles. The standard InChI is InChI=1S/C24H30BrFO6/c1-12-7-15-16-9-18(26)17-8-14(28)5-6-21(17,3)23(16,25)19(29)10-22(15,4)24(12,31)20(30)11-32-13(2)27/h5-6,8,12,15-16,18-19,29,31H,7,9-11H2,1-4H3. The van der Waals surface area contributed by atoms with Gasteiger partial charge in [0.15, 0.2) is 12.4 Å². The molecule has 32 heavy (non-hydrogen) atoms. The van der Waals surface area contributed by atoms with Crippen LogP contribution in [-0.4, -0.2) is 56.6 Å². The van der Waals surface area contributed by atoms with E-state index in [-0.39, 0.29) is 24.5 Å². The number of hydrogen-bond donors (Lipinski definition) is 2. The van der Waals surface area contributed by atoms with Crippen LogP contribution in [0.1, 0.15) is 47.0 Å². The molecule has 0 heterocycles. The molecule has 0 spiro atoms. The van der Waals surface area contributed by atoms with E-state index in [9.17, 15) is 24.6 Å². The summed E-state index contributed by atoms with van der Waals surface area (Å²) in [5.41, 5.74) is -3.43. The fourth-order valence-corrected chi connectivity index (χ4v) is 8.44. The molecule has 0 aliphatic heterocycles. The number of Topliss-reactive ketones (excluding diaryl/α,β-unsaturated/α-hetero) is 1. The van der Waals surface area contributed by atoms with Crippen LogP contribution in [-0.2, 0) is 19.1 Å². The fraction of sp³-hybridized carbons (Fsp3) is 0.708. The Balaban J connectivity index is 1.79. The number of carbonyl (C=O) groups excluding carboxylic acids is 3. The van der Waals surface area contributed by atoms with Crippen molar-refractivity contribution in [3.63, 3.8) is 0 Å². The molecule has 9 unspecified atom stereocenters. The molecule has 8 heteroatoms. The molecule has 2 N–H and O–H groups in total. The number of alkyl halides is 2. The van der Waals surface area contributed by atoms with E-state index >= 15 is 4.39 Å². The number of hydrogen-bond acceptors (Lipinski definition) is 6. The van der Waals surface area contributed by atoms with Gasteiger partial charge in [-0.15, -0.1) is 0 Å². The largest absolute Gasteiger partial charge is 0.458 e. The van der Waals surface area contributed by atoms with E-state index in [1.54, 1.807) is 19.9 Å². The van der Waals surface area contributed by atoms with Gasteiger partial charge in [-0.3, -0.25) is 14.4 Å². The number of aliphatic hydroxyl groups excluding tert-OH is 1. The average Bonchev–Trinajstić information content (AvgIpc) is 2.91. The van der Waals surface area contributed by atoms with E-state index in [1.165, 1.54) is 19.1 Å². The summed E-state index contributed by atoms with van der Waals surface area (Å²) in [7, 11) is 0. The Morgan fingerprint density at radius 1 is 1.28 bits per heavy atom. The van der Waals surface area contributed by atoms with Gasteiger partial charge in [0.25, 0.3) is 0 Å². The van der Waals surface area contributed by atoms with E-state index in [2.05, 4.69) is 15.9 Å². The van der Waals surface area contributed by atoms with Crippen LogP contribution in [0.2, 0.25) is 0 Å². The van der Waals surface area contributed by atoms with Crippen LogP contribution >= 0.6 is 15.9 Å². The minimum atomic E-state index is -1.82. The molecule has 4 rings (SSSR count). The Morgan fingerprint density at radius 2 is 1.94 bits per heavy atom. The molecule has 6 nitrogen and oxygen atoms in total. The van der Waals surface area contributed by atoms with Gasteiger partial charge in [0.1, 0.15) is 11.8 Å². The minimum absolute atomic E-state index is 0.0754. The molecule has 9 atom stereocenters. The number of ether oxygens (including phenoxy) is 1. The van der Waals surface area contributed by atoms with Crippen molar-refractivity contribution in [2.45, 2.75) is 69.2 Å². The number of rotatable bonds is 3. The van der Waals surface area contributed by atoms with E-state index < -0.39 is 63.2 Å². The third-order valence-corrected chi connectivity index (χ3v) is 11.0. The second-order valence-corrected chi connectivity index (χ2v) is 11.8. The molecular formula is C24H30BrFO6. The smallest absolute Gasteiger partial charge is 0.303 e. The summed E-state index contributed by atoms with van der Waals surface area (Å²) >= 11 is 3.83. The van der Waals surface area contributed by atoms with Crippen molar-refractivity contribution in [2.75, 3.05) is 6.61 Å². The van der Waals surface area contributed by atoms with Crippen molar-refractivity contribution in [3.05, 3.63) is 23.8 Å². The Bertz CT molecular complexity index is 947. The van der Waals surface area contributed by atoms with Crippen molar-refractivity contribution in [1.29, 1.82) is 0 Å². The van der Waals surface area contributed by atoms with Gasteiger partial charge in [-0.1, -0.05) is 42.8 Å². The lowest BCUT2D eigenvalue weighted by molar-refractivity contribution is -0.182. The molecule has 4 aliphatic rings. The molecule has 0 amide bonds. The van der Waals surface area contributed by atoms with E-state index in [0.717, 1.165) is 0 Å². The number of esters is 1. The van der Waals surface area contributed by atoms with E-state index in [1.807, 2.05) is 6.92 Å². The summed E-state index contributed by atoms with van der Waals surface area (Å²) in [6.07, 6.45) is 2.68. The van der Waals surface area contributed by atoms with Crippen molar-refractivity contribution in [3.8, 4) is 0 Å². The highest BCUT2D eigenvalue weighted by Gasteiger charge is 2.75. The van der Waals surface area contributed by atoms with Crippen molar-refractivity contribution in [1.82, 2.24) is 0 Å². The summed E-state index contributed by atoms with van der Waals surface area (Å²) in [5.74, 6) is -2.62. The highest BCUT2D eigenvalue weighted by molar-refractivity contribution is 9.10. The monoisotopic (exact) mass is 512 g/mol. The number of ketones is 2. The number of aliphatic hydroxyl groups is 2. The first-order valence-electron chi connectivity index (χ1n) is 11.1. The highest BCUT2D eigenvalue weighted by Crippen LogP contribution is 2.72. The molecule has 0 radical (unpaired) electrons. The van der Waals surface area contributed by atoms with Gasteiger partial charge in [0.2, 0.25) is 5.78 Å². The first-order chi connectivity index (χ1) is 14.7. The van der Waals surface area contributed by atoms with Crippen LogP contribution in [0.15, 0.2) is 23.8 Å². The lowest BCUT2D eigenvalue weighted by Crippen LogP contribution is -2.70. The van der Waals surface area contributed by atoms with Crippen molar-refractivity contribution >= 4 is 33.5 Å². The van der Waals surface area contributed by atoms with Crippen LogP contribution in [0.3, 0.4) is 0 Å². The van der Waals surface area contributed by atoms with Gasteiger partial charge in [-0.05, 0) is 54.7 Å². The van der Waals surface area contributed by atoms with Crippen LogP contribution in [0.5, 0.6) is 0 Å². The first kappa shape index (κ1) is 23.8. The zero-order chi connectivity index (χ0) is 23.9. The van der Waals surface area contributed by atoms with Crippen LogP contribution in [0.4, 0.5) is 4.39 Å². The molecule has 0 aromatic rings. The number of carbonyl (C=O) groups is 3. The second kappa shape index (κ2) is 7.31.